The molecule has 1 heterocycles. The van der Waals surface area contributed by atoms with Crippen molar-refractivity contribution in [1.82, 2.24) is 9.13 Å². The maximum atomic E-state index is 12.7. The van der Waals surface area contributed by atoms with E-state index >= 15 is 0 Å². The maximum absolute atomic E-state index is 12.7. The minimum absolute atomic E-state index is 0.328. The molecule has 156 valence electrons. The van der Waals surface area contributed by atoms with Gasteiger partial charge in [0.1, 0.15) is 6.54 Å². The first-order valence-corrected chi connectivity index (χ1v) is 10.3. The molecule has 0 saturated carbocycles. The van der Waals surface area contributed by atoms with E-state index in [0.717, 1.165) is 23.0 Å². The van der Waals surface area contributed by atoms with E-state index < -0.39 is 17.2 Å². The molecule has 1 N–H and O–H groups in total. The van der Waals surface area contributed by atoms with Crippen molar-refractivity contribution in [3.05, 3.63) is 98.8 Å². The Morgan fingerprint density at radius 2 is 1.63 bits per heavy atom. The number of rotatable bonds is 9. The molecule has 0 aliphatic heterocycles. The number of benzene rings is 2. The molecule has 3 aromatic rings. The number of hydrogen-bond donors (Lipinski definition) is 1. The molecule has 0 unspecified atom stereocenters. The van der Waals surface area contributed by atoms with E-state index in [1.807, 2.05) is 54.6 Å². The van der Waals surface area contributed by atoms with Gasteiger partial charge in [0.15, 0.2) is 0 Å². The van der Waals surface area contributed by atoms with E-state index in [1.54, 1.807) is 0 Å². The summed E-state index contributed by atoms with van der Waals surface area (Å²) in [6.45, 7) is 2.18. The third-order valence-electron chi connectivity index (χ3n) is 4.94. The Morgan fingerprint density at radius 3 is 2.33 bits per heavy atom. The minimum Gasteiger partial charge on any atom is -0.325 e. The fraction of sp³-hybridized carbons (Fsp3) is 0.292. The van der Waals surface area contributed by atoms with Crippen LogP contribution in [0.25, 0.3) is 0 Å². The van der Waals surface area contributed by atoms with Crippen LogP contribution in [0.2, 0.25) is 0 Å². The van der Waals surface area contributed by atoms with Gasteiger partial charge in [-0.3, -0.25) is 18.7 Å². The van der Waals surface area contributed by atoms with Gasteiger partial charge in [-0.15, -0.1) is 0 Å². The van der Waals surface area contributed by atoms with Crippen molar-refractivity contribution in [1.29, 1.82) is 0 Å². The third-order valence-corrected chi connectivity index (χ3v) is 4.94. The van der Waals surface area contributed by atoms with Crippen molar-refractivity contribution in [2.24, 2.45) is 0 Å². The second-order valence-electron chi connectivity index (χ2n) is 7.34. The third kappa shape index (κ3) is 5.80. The number of anilines is 1. The lowest BCUT2D eigenvalue weighted by atomic mass is 10.1. The first-order valence-electron chi connectivity index (χ1n) is 10.3. The Balaban J connectivity index is 1.67. The largest absolute Gasteiger partial charge is 0.331 e. The number of amides is 1. The van der Waals surface area contributed by atoms with Crippen molar-refractivity contribution in [2.45, 2.75) is 45.7 Å². The second kappa shape index (κ2) is 10.4. The standard InChI is InChI=1S/C24H27N3O3/c1-2-3-5-8-19-11-13-21(14-12-19)25-22(28)18-27-23(29)15-16-26(24(27)30)17-20-9-6-4-7-10-20/h4,6-7,9-16H,2-3,5,8,17-18H2,1H3,(H,25,28). The van der Waals surface area contributed by atoms with Crippen LogP contribution in [-0.2, 0) is 24.3 Å². The summed E-state index contributed by atoms with van der Waals surface area (Å²) in [5.74, 6) is -0.412. The predicted molar refractivity (Wildman–Crippen MR) is 119 cm³/mol. The van der Waals surface area contributed by atoms with Gasteiger partial charge in [0, 0.05) is 18.0 Å². The van der Waals surface area contributed by atoms with Gasteiger partial charge in [0.25, 0.3) is 5.56 Å². The van der Waals surface area contributed by atoms with Crippen molar-refractivity contribution in [3.8, 4) is 0 Å². The Bertz CT molecular complexity index is 1080. The SMILES string of the molecule is CCCCCc1ccc(NC(=O)Cn2c(=O)ccn(Cc3ccccc3)c2=O)cc1. The number of nitrogens with one attached hydrogen (secondary N) is 1. The van der Waals surface area contributed by atoms with Crippen molar-refractivity contribution >= 4 is 11.6 Å². The van der Waals surface area contributed by atoms with Crippen LogP contribution < -0.4 is 16.6 Å². The molecule has 3 rings (SSSR count). The van der Waals surface area contributed by atoms with Crippen LogP contribution in [0.15, 0.2) is 76.4 Å². The Hall–Kier alpha value is -3.41. The minimum atomic E-state index is -0.507. The summed E-state index contributed by atoms with van der Waals surface area (Å²) in [5.41, 5.74) is 1.81. The van der Waals surface area contributed by atoms with Crippen molar-refractivity contribution in [2.75, 3.05) is 5.32 Å². The van der Waals surface area contributed by atoms with Gasteiger partial charge < -0.3 is 5.32 Å². The molecule has 0 saturated heterocycles. The number of hydrogen-bond acceptors (Lipinski definition) is 3. The molecule has 1 amide bonds. The molecular weight excluding hydrogens is 378 g/mol. The fourth-order valence-corrected chi connectivity index (χ4v) is 3.28. The molecule has 0 aliphatic carbocycles. The van der Waals surface area contributed by atoms with Gasteiger partial charge in [-0.1, -0.05) is 62.2 Å². The zero-order valence-corrected chi connectivity index (χ0v) is 17.2. The van der Waals surface area contributed by atoms with Crippen LogP contribution in [0, 0.1) is 0 Å². The van der Waals surface area contributed by atoms with E-state index in [4.69, 9.17) is 0 Å². The number of aromatic nitrogens is 2. The second-order valence-corrected chi connectivity index (χ2v) is 7.34. The van der Waals surface area contributed by atoms with Gasteiger partial charge in [0.2, 0.25) is 5.91 Å². The topological polar surface area (TPSA) is 73.1 Å². The predicted octanol–water partition coefficient (Wildman–Crippen LogP) is 3.43. The van der Waals surface area contributed by atoms with E-state index in [1.165, 1.54) is 35.2 Å². The number of unbranched alkanes of at least 4 members (excludes halogenated alkanes) is 2. The highest BCUT2D eigenvalue weighted by molar-refractivity contribution is 5.90. The van der Waals surface area contributed by atoms with Crippen molar-refractivity contribution < 1.29 is 4.79 Å². The molecule has 2 aromatic carbocycles. The van der Waals surface area contributed by atoms with Gasteiger partial charge in [-0.05, 0) is 36.1 Å². The maximum Gasteiger partial charge on any atom is 0.331 e. The zero-order valence-electron chi connectivity index (χ0n) is 17.2. The molecule has 0 atom stereocenters. The molecule has 0 aliphatic rings. The summed E-state index contributed by atoms with van der Waals surface area (Å²) >= 11 is 0. The average Bonchev–Trinajstić information content (AvgIpc) is 2.75. The highest BCUT2D eigenvalue weighted by Gasteiger charge is 2.11. The Kier molecular flexibility index (Phi) is 7.38. The molecule has 0 fully saturated rings. The molecule has 0 radical (unpaired) electrons. The first-order chi connectivity index (χ1) is 14.6. The highest BCUT2D eigenvalue weighted by Crippen LogP contribution is 2.12. The van der Waals surface area contributed by atoms with Gasteiger partial charge in [-0.25, -0.2) is 4.79 Å². The molecule has 6 nitrogen and oxygen atoms in total. The average molecular weight is 405 g/mol. The van der Waals surface area contributed by atoms with Crippen LogP contribution >= 0.6 is 0 Å². The van der Waals surface area contributed by atoms with E-state index in [9.17, 15) is 14.4 Å². The lowest BCUT2D eigenvalue weighted by Crippen LogP contribution is -2.41. The lowest BCUT2D eigenvalue weighted by molar-refractivity contribution is -0.116. The monoisotopic (exact) mass is 405 g/mol. The van der Waals surface area contributed by atoms with E-state index in [2.05, 4.69) is 12.2 Å². The molecule has 30 heavy (non-hydrogen) atoms. The highest BCUT2D eigenvalue weighted by atomic mass is 16.2. The van der Waals surface area contributed by atoms with Crippen molar-refractivity contribution in [3.63, 3.8) is 0 Å². The number of carbonyl (C=O) groups is 1. The number of nitrogens with zero attached hydrogens (tertiary/aromatic N) is 2. The summed E-state index contributed by atoms with van der Waals surface area (Å²) in [5, 5.41) is 2.76. The molecular formula is C24H27N3O3. The summed E-state index contributed by atoms with van der Waals surface area (Å²) in [4.78, 5) is 37.3. The molecule has 1 aromatic heterocycles. The van der Waals surface area contributed by atoms with Gasteiger partial charge in [0.05, 0.1) is 6.54 Å². The van der Waals surface area contributed by atoms with Crippen LogP contribution in [0.4, 0.5) is 5.69 Å². The van der Waals surface area contributed by atoms with Crippen LogP contribution in [0.5, 0.6) is 0 Å². The molecule has 6 heteroatoms. The Labute approximate surface area is 175 Å². The van der Waals surface area contributed by atoms with E-state index in [-0.39, 0.29) is 6.54 Å². The number of carbonyl (C=O) groups excluding carboxylic acids is 1. The fourth-order valence-electron chi connectivity index (χ4n) is 3.28. The number of aryl methyl sites for hydroxylation is 1. The first kappa shape index (κ1) is 21.3. The summed E-state index contributed by atoms with van der Waals surface area (Å²) in [7, 11) is 0. The lowest BCUT2D eigenvalue weighted by Gasteiger charge is -2.11. The Morgan fingerprint density at radius 1 is 0.900 bits per heavy atom. The van der Waals surface area contributed by atoms with E-state index in [0.29, 0.717) is 12.2 Å². The van der Waals surface area contributed by atoms with Crippen LogP contribution in [-0.4, -0.2) is 15.0 Å². The summed E-state index contributed by atoms with van der Waals surface area (Å²) in [6.07, 6.45) is 6.01. The smallest absolute Gasteiger partial charge is 0.325 e. The molecule has 0 spiro atoms. The van der Waals surface area contributed by atoms with Crippen LogP contribution in [0.1, 0.15) is 37.3 Å². The normalized spacial score (nSPS) is 10.7. The summed E-state index contributed by atoms with van der Waals surface area (Å²) in [6, 6.07) is 18.5. The van der Waals surface area contributed by atoms with Crippen LogP contribution in [0.3, 0.4) is 0 Å². The van der Waals surface area contributed by atoms with Gasteiger partial charge >= 0.3 is 5.69 Å². The summed E-state index contributed by atoms with van der Waals surface area (Å²) < 4.78 is 2.38. The zero-order chi connectivity index (χ0) is 21.3. The van der Waals surface area contributed by atoms with Gasteiger partial charge in [-0.2, -0.15) is 0 Å². The molecule has 0 bridgehead atoms. The quantitative estimate of drug-likeness (QED) is 0.555.